The summed E-state index contributed by atoms with van der Waals surface area (Å²) < 4.78 is 0. The van der Waals surface area contributed by atoms with Gasteiger partial charge >= 0.3 is 0 Å². The summed E-state index contributed by atoms with van der Waals surface area (Å²) in [7, 11) is 0. The molecular formula is C7H15NO. The maximum Gasteiger partial charge on any atom is 0.0235 e. The molecule has 1 saturated carbocycles. The van der Waals surface area contributed by atoms with Crippen LogP contribution in [0.5, 0.6) is 0 Å². The van der Waals surface area contributed by atoms with Gasteiger partial charge in [0.1, 0.15) is 0 Å². The smallest absolute Gasteiger partial charge is 0.0235 e. The van der Waals surface area contributed by atoms with Gasteiger partial charge in [-0.25, -0.2) is 5.48 Å². The molecule has 0 atom stereocenters. The van der Waals surface area contributed by atoms with E-state index in [0.717, 1.165) is 12.5 Å². The third-order valence-electron chi connectivity index (χ3n) is 2.10. The van der Waals surface area contributed by atoms with Crippen molar-refractivity contribution in [1.82, 2.24) is 5.48 Å². The van der Waals surface area contributed by atoms with Crippen LogP contribution in [0.3, 0.4) is 0 Å². The molecule has 0 aromatic carbocycles. The van der Waals surface area contributed by atoms with Crippen molar-refractivity contribution >= 4 is 0 Å². The van der Waals surface area contributed by atoms with E-state index in [2.05, 4.69) is 5.48 Å². The van der Waals surface area contributed by atoms with Crippen LogP contribution in [0.1, 0.15) is 32.1 Å². The lowest BCUT2D eigenvalue weighted by molar-refractivity contribution is 0.138. The normalized spacial score (nSPS) is 22.3. The van der Waals surface area contributed by atoms with Crippen molar-refractivity contribution < 1.29 is 5.21 Å². The van der Waals surface area contributed by atoms with Crippen LogP contribution in [0.2, 0.25) is 0 Å². The molecule has 54 valence electrons. The lowest BCUT2D eigenvalue weighted by Gasteiger charge is -2.19. The predicted molar refractivity (Wildman–Crippen MR) is 36.4 cm³/mol. The van der Waals surface area contributed by atoms with E-state index in [1.54, 1.807) is 0 Å². The summed E-state index contributed by atoms with van der Waals surface area (Å²) in [6.45, 7) is 0.792. The van der Waals surface area contributed by atoms with Crippen molar-refractivity contribution in [2.45, 2.75) is 32.1 Å². The molecule has 2 heteroatoms. The minimum atomic E-state index is 0.740. The summed E-state index contributed by atoms with van der Waals surface area (Å²) in [6.07, 6.45) is 6.70. The summed E-state index contributed by atoms with van der Waals surface area (Å²) in [5, 5.41) is 8.37. The molecule has 0 heterocycles. The topological polar surface area (TPSA) is 32.3 Å². The van der Waals surface area contributed by atoms with Gasteiger partial charge < -0.3 is 5.21 Å². The quantitative estimate of drug-likeness (QED) is 0.554. The number of hydrogen-bond acceptors (Lipinski definition) is 2. The first kappa shape index (κ1) is 7.03. The standard InChI is InChI=1S/C7H15NO/c9-8-6-7-4-2-1-3-5-7/h7-9H,1-6H2. The van der Waals surface area contributed by atoms with Gasteiger partial charge in [-0.05, 0) is 18.8 Å². The van der Waals surface area contributed by atoms with Crippen molar-refractivity contribution in [1.29, 1.82) is 0 Å². The van der Waals surface area contributed by atoms with Gasteiger partial charge in [-0.2, -0.15) is 0 Å². The highest BCUT2D eigenvalue weighted by Crippen LogP contribution is 2.22. The van der Waals surface area contributed by atoms with Gasteiger partial charge in [0, 0.05) is 6.54 Å². The number of nitrogens with one attached hydrogen (secondary N) is 1. The zero-order chi connectivity index (χ0) is 6.53. The Hall–Kier alpha value is -0.0800. The van der Waals surface area contributed by atoms with E-state index in [0.29, 0.717) is 0 Å². The second kappa shape index (κ2) is 3.85. The molecule has 0 radical (unpaired) electrons. The second-order valence-corrected chi connectivity index (χ2v) is 2.87. The van der Waals surface area contributed by atoms with Gasteiger partial charge in [-0.1, -0.05) is 19.3 Å². The number of hydrogen-bond donors (Lipinski definition) is 2. The molecule has 1 fully saturated rings. The maximum absolute atomic E-state index is 8.37. The van der Waals surface area contributed by atoms with Gasteiger partial charge in [0.2, 0.25) is 0 Å². The van der Waals surface area contributed by atoms with E-state index in [1.165, 1.54) is 32.1 Å². The Bertz CT molecular complexity index is 66.6. The van der Waals surface area contributed by atoms with Crippen molar-refractivity contribution in [3.05, 3.63) is 0 Å². The van der Waals surface area contributed by atoms with Gasteiger partial charge in [0.15, 0.2) is 0 Å². The van der Waals surface area contributed by atoms with E-state index in [4.69, 9.17) is 5.21 Å². The first-order valence-electron chi connectivity index (χ1n) is 3.80. The third kappa shape index (κ3) is 2.33. The van der Waals surface area contributed by atoms with Crippen molar-refractivity contribution in [3.63, 3.8) is 0 Å². The molecule has 1 aliphatic carbocycles. The molecule has 0 unspecified atom stereocenters. The van der Waals surface area contributed by atoms with E-state index in [-0.39, 0.29) is 0 Å². The largest absolute Gasteiger partial charge is 0.317 e. The van der Waals surface area contributed by atoms with Gasteiger partial charge in [0.05, 0.1) is 0 Å². The second-order valence-electron chi connectivity index (χ2n) is 2.87. The maximum atomic E-state index is 8.37. The summed E-state index contributed by atoms with van der Waals surface area (Å²) in [5.74, 6) is 0.740. The Labute approximate surface area is 56.2 Å². The van der Waals surface area contributed by atoms with Gasteiger partial charge in [0.25, 0.3) is 0 Å². The average Bonchev–Trinajstić information content (AvgIpc) is 1.91. The molecule has 0 spiro atoms. The van der Waals surface area contributed by atoms with Crippen LogP contribution in [0.4, 0.5) is 0 Å². The minimum Gasteiger partial charge on any atom is -0.317 e. The number of rotatable bonds is 2. The Balaban J connectivity index is 2.08. The summed E-state index contributed by atoms with van der Waals surface area (Å²) in [6, 6.07) is 0. The first-order valence-corrected chi connectivity index (χ1v) is 3.80. The van der Waals surface area contributed by atoms with E-state index < -0.39 is 0 Å². The monoisotopic (exact) mass is 129 g/mol. The van der Waals surface area contributed by atoms with E-state index in [1.807, 2.05) is 0 Å². The Kier molecular flexibility index (Phi) is 3.01. The van der Waals surface area contributed by atoms with E-state index in [9.17, 15) is 0 Å². The fourth-order valence-electron chi connectivity index (χ4n) is 1.52. The molecule has 9 heavy (non-hydrogen) atoms. The Morgan fingerprint density at radius 1 is 1.22 bits per heavy atom. The van der Waals surface area contributed by atoms with Crippen molar-refractivity contribution in [2.75, 3.05) is 6.54 Å². The highest BCUT2D eigenvalue weighted by atomic mass is 16.5. The van der Waals surface area contributed by atoms with Crippen LogP contribution in [-0.4, -0.2) is 11.8 Å². The zero-order valence-electron chi connectivity index (χ0n) is 5.77. The van der Waals surface area contributed by atoms with Crippen LogP contribution in [-0.2, 0) is 0 Å². The molecule has 0 saturated heterocycles. The highest BCUT2D eigenvalue weighted by molar-refractivity contribution is 4.65. The third-order valence-corrected chi connectivity index (χ3v) is 2.10. The van der Waals surface area contributed by atoms with Crippen molar-refractivity contribution in [3.8, 4) is 0 Å². The first-order chi connectivity index (χ1) is 4.43. The molecule has 0 aliphatic heterocycles. The van der Waals surface area contributed by atoms with Crippen LogP contribution < -0.4 is 5.48 Å². The molecule has 1 aliphatic rings. The molecular weight excluding hydrogens is 114 g/mol. The molecule has 1 rings (SSSR count). The molecule has 2 N–H and O–H groups in total. The van der Waals surface area contributed by atoms with Crippen LogP contribution in [0.25, 0.3) is 0 Å². The van der Waals surface area contributed by atoms with E-state index >= 15 is 0 Å². The summed E-state index contributed by atoms with van der Waals surface area (Å²) >= 11 is 0. The summed E-state index contributed by atoms with van der Waals surface area (Å²) in [4.78, 5) is 0. The minimum absolute atomic E-state index is 0.740. The lowest BCUT2D eigenvalue weighted by Crippen LogP contribution is -2.21. The van der Waals surface area contributed by atoms with Gasteiger partial charge in [-0.15, -0.1) is 0 Å². The van der Waals surface area contributed by atoms with Crippen LogP contribution in [0.15, 0.2) is 0 Å². The molecule has 0 aromatic rings. The van der Waals surface area contributed by atoms with Crippen LogP contribution >= 0.6 is 0 Å². The molecule has 0 aromatic heterocycles. The fraction of sp³-hybridized carbons (Fsp3) is 1.00. The van der Waals surface area contributed by atoms with Crippen molar-refractivity contribution in [2.24, 2.45) is 5.92 Å². The van der Waals surface area contributed by atoms with Crippen LogP contribution in [0, 0.1) is 5.92 Å². The predicted octanol–water partition coefficient (Wildman–Crippen LogP) is 1.55. The zero-order valence-corrected chi connectivity index (χ0v) is 5.77. The lowest BCUT2D eigenvalue weighted by atomic mass is 9.89. The molecule has 2 nitrogen and oxygen atoms in total. The average molecular weight is 129 g/mol. The summed E-state index contributed by atoms with van der Waals surface area (Å²) in [5.41, 5.74) is 2.24. The molecule has 0 bridgehead atoms. The SMILES string of the molecule is ONCC1CCCCC1. The molecule has 0 amide bonds. The number of hydroxylamine groups is 1. The fourth-order valence-corrected chi connectivity index (χ4v) is 1.52. The Morgan fingerprint density at radius 3 is 2.44 bits per heavy atom. The highest BCUT2D eigenvalue weighted by Gasteiger charge is 2.11. The van der Waals surface area contributed by atoms with Gasteiger partial charge in [-0.3, -0.25) is 0 Å². The Morgan fingerprint density at radius 2 is 1.89 bits per heavy atom.